The quantitative estimate of drug-likeness (QED) is 0.179. The fourth-order valence-electron chi connectivity index (χ4n) is 7.37. The molecule has 0 aliphatic heterocycles. The van der Waals surface area contributed by atoms with Crippen LogP contribution in [-0.4, -0.2) is 19.5 Å². The van der Waals surface area contributed by atoms with Crippen LogP contribution in [0.5, 0.6) is 0 Å². The van der Waals surface area contributed by atoms with E-state index in [0.717, 1.165) is 77.5 Å². The zero-order valence-corrected chi connectivity index (χ0v) is 27.6. The molecule has 0 unspecified atom stereocenters. The average Bonchev–Trinajstić information content (AvgIpc) is 3.74. The molecular weight excluding hydrogens is 625 g/mol. The van der Waals surface area contributed by atoms with E-state index in [-0.39, 0.29) is 0 Å². The summed E-state index contributed by atoms with van der Waals surface area (Å²) in [4.78, 5) is 15.3. The summed E-state index contributed by atoms with van der Waals surface area (Å²) < 4.78 is 8.88. The van der Waals surface area contributed by atoms with Gasteiger partial charge in [-0.1, -0.05) is 133 Å². The highest BCUT2D eigenvalue weighted by Gasteiger charge is 2.22. The fourth-order valence-corrected chi connectivity index (χ4v) is 7.37. The van der Waals surface area contributed by atoms with Crippen LogP contribution in [0.2, 0.25) is 0 Å². The molecule has 240 valence electrons. The monoisotopic (exact) mass is 654 g/mol. The lowest BCUT2D eigenvalue weighted by Gasteiger charge is -2.13. The van der Waals surface area contributed by atoms with Crippen LogP contribution < -0.4 is 0 Å². The van der Waals surface area contributed by atoms with Gasteiger partial charge in [0.05, 0.1) is 22.1 Å². The Bertz CT molecular complexity index is 2870. The van der Waals surface area contributed by atoms with Gasteiger partial charge in [-0.2, -0.15) is 0 Å². The zero-order valence-electron chi connectivity index (χ0n) is 27.6. The molecule has 0 spiro atoms. The van der Waals surface area contributed by atoms with Crippen molar-refractivity contribution in [1.82, 2.24) is 19.5 Å². The van der Waals surface area contributed by atoms with Gasteiger partial charge >= 0.3 is 0 Å². The lowest BCUT2D eigenvalue weighted by Crippen LogP contribution is -2.05. The van der Waals surface area contributed by atoms with E-state index in [4.69, 9.17) is 19.4 Å². The van der Waals surface area contributed by atoms with Crippen LogP contribution in [0.15, 0.2) is 174 Å². The third-order valence-electron chi connectivity index (χ3n) is 9.68. The first-order valence-corrected chi connectivity index (χ1v) is 17.2. The number of benzene rings is 7. The first kappa shape index (κ1) is 29.1. The summed E-state index contributed by atoms with van der Waals surface area (Å²) in [5.41, 5.74) is 10.2. The maximum absolute atomic E-state index is 6.51. The largest absolute Gasteiger partial charge is 0.456 e. The normalized spacial score (nSPS) is 11.6. The molecule has 51 heavy (non-hydrogen) atoms. The number of fused-ring (bicyclic) bond motifs is 6. The highest BCUT2D eigenvalue weighted by Crippen LogP contribution is 2.42. The Hall–Kier alpha value is -6.85. The number of hydrogen-bond donors (Lipinski definition) is 0. The summed E-state index contributed by atoms with van der Waals surface area (Å²) in [6.45, 7) is 0. The Morgan fingerprint density at radius 3 is 1.98 bits per heavy atom. The predicted molar refractivity (Wildman–Crippen MR) is 207 cm³/mol. The topological polar surface area (TPSA) is 56.7 Å². The van der Waals surface area contributed by atoms with Crippen molar-refractivity contribution < 1.29 is 4.42 Å². The lowest BCUT2D eigenvalue weighted by molar-refractivity contribution is 0.669. The molecule has 0 amide bonds. The highest BCUT2D eigenvalue weighted by atomic mass is 16.3. The van der Waals surface area contributed by atoms with Gasteiger partial charge in [-0.05, 0) is 53.1 Å². The van der Waals surface area contributed by atoms with E-state index in [2.05, 4.69) is 144 Å². The Morgan fingerprint density at radius 2 is 1.16 bits per heavy atom. The molecular formula is C46H30N4O. The summed E-state index contributed by atoms with van der Waals surface area (Å²) in [7, 11) is 0. The van der Waals surface area contributed by atoms with Crippen LogP contribution >= 0.6 is 0 Å². The second kappa shape index (κ2) is 11.9. The number of rotatable bonds is 6. The van der Waals surface area contributed by atoms with Gasteiger partial charge in [-0.15, -0.1) is 0 Å². The zero-order chi connectivity index (χ0) is 33.7. The summed E-state index contributed by atoms with van der Waals surface area (Å²) in [5, 5.41) is 4.42. The van der Waals surface area contributed by atoms with Crippen molar-refractivity contribution in [3.8, 4) is 39.6 Å². The Kier molecular flexibility index (Phi) is 6.81. The van der Waals surface area contributed by atoms with Gasteiger partial charge in [0.2, 0.25) is 0 Å². The van der Waals surface area contributed by atoms with Crippen LogP contribution in [0.3, 0.4) is 0 Å². The van der Waals surface area contributed by atoms with Gasteiger partial charge in [0.15, 0.2) is 11.6 Å². The maximum atomic E-state index is 6.51. The van der Waals surface area contributed by atoms with Crippen molar-refractivity contribution in [2.45, 2.75) is 6.42 Å². The molecule has 0 saturated carbocycles. The number of nitrogens with zero attached hydrogens (tertiary/aromatic N) is 4. The molecule has 7 aromatic carbocycles. The SMILES string of the molecule is c1ccc(Cc2nc(-c3ccccc3)nc(-c3cccc4c5ccccc5n(-c5cccc6oc7ccc(-c8ccccc8)cc7c56)c34)n2)cc1. The van der Waals surface area contributed by atoms with Crippen molar-refractivity contribution in [3.05, 3.63) is 181 Å². The summed E-state index contributed by atoms with van der Waals surface area (Å²) in [5.74, 6) is 2.02. The van der Waals surface area contributed by atoms with Gasteiger partial charge in [0.1, 0.15) is 17.0 Å². The minimum Gasteiger partial charge on any atom is -0.456 e. The van der Waals surface area contributed by atoms with Crippen molar-refractivity contribution >= 4 is 43.7 Å². The molecule has 0 aliphatic carbocycles. The first-order valence-electron chi connectivity index (χ1n) is 17.2. The molecule has 10 rings (SSSR count). The molecule has 5 nitrogen and oxygen atoms in total. The van der Waals surface area contributed by atoms with E-state index in [1.807, 2.05) is 30.3 Å². The van der Waals surface area contributed by atoms with Crippen molar-refractivity contribution in [2.24, 2.45) is 0 Å². The van der Waals surface area contributed by atoms with Crippen LogP contribution in [0.4, 0.5) is 0 Å². The minimum atomic E-state index is 0.596. The molecule has 0 bridgehead atoms. The standard InChI is InChI=1S/C46H30N4O/c1-4-14-30(15-5-1)28-42-47-45(32-18-8-3-9-19-32)49-46(48-42)36-22-12-21-35-34-20-10-11-23-38(34)50(44(35)36)39-24-13-25-41-43(39)37-29-33(26-27-40(37)51-41)31-16-6-2-7-17-31/h1-27,29H,28H2. The van der Waals surface area contributed by atoms with E-state index in [0.29, 0.717) is 18.1 Å². The first-order chi connectivity index (χ1) is 25.3. The second-order valence-corrected chi connectivity index (χ2v) is 12.8. The molecule has 3 aromatic heterocycles. The summed E-state index contributed by atoms with van der Waals surface area (Å²) in [6, 6.07) is 58.9. The van der Waals surface area contributed by atoms with Crippen molar-refractivity contribution in [3.63, 3.8) is 0 Å². The molecule has 0 radical (unpaired) electrons. The number of hydrogen-bond acceptors (Lipinski definition) is 4. The average molecular weight is 655 g/mol. The van der Waals surface area contributed by atoms with Gasteiger partial charge < -0.3 is 8.98 Å². The second-order valence-electron chi connectivity index (χ2n) is 12.8. The van der Waals surface area contributed by atoms with Gasteiger partial charge in [-0.3, -0.25) is 0 Å². The highest BCUT2D eigenvalue weighted by molar-refractivity contribution is 6.17. The van der Waals surface area contributed by atoms with Gasteiger partial charge in [-0.25, -0.2) is 15.0 Å². The van der Waals surface area contributed by atoms with Crippen LogP contribution in [0.1, 0.15) is 11.4 Å². The maximum Gasteiger partial charge on any atom is 0.165 e. The summed E-state index contributed by atoms with van der Waals surface area (Å²) >= 11 is 0. The molecule has 5 heteroatoms. The molecule has 0 aliphatic rings. The predicted octanol–water partition coefficient (Wildman–Crippen LogP) is 11.5. The van der Waals surface area contributed by atoms with Crippen LogP contribution in [0, 0.1) is 0 Å². The van der Waals surface area contributed by atoms with Crippen LogP contribution in [-0.2, 0) is 6.42 Å². The van der Waals surface area contributed by atoms with Gasteiger partial charge in [0, 0.05) is 33.7 Å². The van der Waals surface area contributed by atoms with Crippen LogP contribution in [0.25, 0.3) is 83.3 Å². The molecule has 3 heterocycles. The molecule has 0 fully saturated rings. The Balaban J connectivity index is 1.26. The molecule has 0 N–H and O–H groups in total. The van der Waals surface area contributed by atoms with Crippen molar-refractivity contribution in [2.75, 3.05) is 0 Å². The van der Waals surface area contributed by atoms with Crippen molar-refractivity contribution in [1.29, 1.82) is 0 Å². The molecule has 0 saturated heterocycles. The minimum absolute atomic E-state index is 0.596. The number of para-hydroxylation sites is 2. The smallest absolute Gasteiger partial charge is 0.165 e. The third kappa shape index (κ3) is 4.98. The van der Waals surface area contributed by atoms with E-state index >= 15 is 0 Å². The summed E-state index contributed by atoms with van der Waals surface area (Å²) in [6.07, 6.45) is 0.596. The van der Waals surface area contributed by atoms with Gasteiger partial charge in [0.25, 0.3) is 0 Å². The Morgan fingerprint density at radius 1 is 0.471 bits per heavy atom. The Labute approximate surface area is 294 Å². The lowest BCUT2D eigenvalue weighted by atomic mass is 10.0. The molecule has 0 atom stereocenters. The molecule has 10 aromatic rings. The number of aromatic nitrogens is 4. The van der Waals surface area contributed by atoms with E-state index < -0.39 is 0 Å². The van der Waals surface area contributed by atoms with E-state index in [1.54, 1.807) is 0 Å². The third-order valence-corrected chi connectivity index (χ3v) is 9.68. The fraction of sp³-hybridized carbons (Fsp3) is 0.0217. The number of furan rings is 1. The van der Waals surface area contributed by atoms with E-state index in [9.17, 15) is 0 Å². The van der Waals surface area contributed by atoms with E-state index in [1.165, 1.54) is 5.56 Å².